The molecule has 0 aliphatic carbocycles. The Bertz CT molecular complexity index is 2300. The predicted molar refractivity (Wildman–Crippen MR) is 166 cm³/mol. The first kappa shape index (κ1) is 22.7. The van der Waals surface area contributed by atoms with E-state index in [1.54, 1.807) is 0 Å². The minimum Gasteiger partial charge on any atom is -0.456 e. The molecule has 0 unspecified atom stereocenters. The van der Waals surface area contributed by atoms with Crippen molar-refractivity contribution in [1.82, 2.24) is 0 Å². The molecule has 3 heterocycles. The van der Waals surface area contributed by atoms with Gasteiger partial charge in [-0.25, -0.2) is 0 Å². The molecule has 0 saturated heterocycles. The van der Waals surface area contributed by atoms with E-state index in [9.17, 15) is 0 Å². The average molecular weight is 529 g/mol. The molecule has 0 bridgehead atoms. The molecule has 0 saturated carbocycles. The number of hydrogen-bond donors (Lipinski definition) is 0. The second-order valence-electron chi connectivity index (χ2n) is 10.9. The van der Waals surface area contributed by atoms with Gasteiger partial charge in [0.1, 0.15) is 22.3 Å². The molecule has 0 spiro atoms. The number of fused-ring (bicyclic) bond motifs is 9. The van der Waals surface area contributed by atoms with Crippen molar-refractivity contribution in [2.45, 2.75) is 13.2 Å². The van der Waals surface area contributed by atoms with E-state index in [-0.39, 0.29) is 0 Å². The first-order valence-electron chi connectivity index (χ1n) is 14.0. The standard InChI is InChI=1S/C38H24O3/c1-3-7-35-30(5-1)32-15-12-25(19-37(32)40-35)23-11-14-29-28(17-23)22-39-21-27-10-9-24(18-34(27)29)26-13-16-33-31-6-2-4-8-36(31)41-38(33)20-26/h1-20H,21-22H2. The molecular formula is C38H24O3. The van der Waals surface area contributed by atoms with Gasteiger partial charge in [-0.05, 0) is 93.0 Å². The number of ether oxygens (including phenoxy) is 1. The monoisotopic (exact) mass is 528 g/mol. The van der Waals surface area contributed by atoms with Gasteiger partial charge in [0.15, 0.2) is 0 Å². The van der Waals surface area contributed by atoms with Crippen molar-refractivity contribution < 1.29 is 13.6 Å². The van der Waals surface area contributed by atoms with Crippen LogP contribution in [0.4, 0.5) is 0 Å². The number of furan rings is 2. The van der Waals surface area contributed by atoms with Crippen molar-refractivity contribution in [3.63, 3.8) is 0 Å². The smallest absolute Gasteiger partial charge is 0.136 e. The van der Waals surface area contributed by atoms with Crippen molar-refractivity contribution >= 4 is 43.9 Å². The summed E-state index contributed by atoms with van der Waals surface area (Å²) in [4.78, 5) is 0. The number of rotatable bonds is 2. The lowest BCUT2D eigenvalue weighted by molar-refractivity contribution is 0.110. The van der Waals surface area contributed by atoms with Crippen LogP contribution in [0.1, 0.15) is 11.1 Å². The fourth-order valence-corrected chi connectivity index (χ4v) is 6.37. The topological polar surface area (TPSA) is 35.5 Å². The van der Waals surface area contributed by atoms with Crippen molar-refractivity contribution in [2.24, 2.45) is 0 Å². The van der Waals surface area contributed by atoms with Crippen LogP contribution in [0.3, 0.4) is 0 Å². The van der Waals surface area contributed by atoms with E-state index in [1.165, 1.54) is 27.8 Å². The highest BCUT2D eigenvalue weighted by atomic mass is 16.5. The second-order valence-corrected chi connectivity index (χ2v) is 10.9. The molecule has 1 aliphatic rings. The fraction of sp³-hybridized carbons (Fsp3) is 0.0526. The molecule has 6 aromatic carbocycles. The molecule has 3 nitrogen and oxygen atoms in total. The first-order valence-corrected chi connectivity index (χ1v) is 14.0. The summed E-state index contributed by atoms with van der Waals surface area (Å²) >= 11 is 0. The van der Waals surface area contributed by atoms with Crippen LogP contribution in [0.5, 0.6) is 0 Å². The zero-order valence-electron chi connectivity index (χ0n) is 22.2. The third-order valence-electron chi connectivity index (χ3n) is 8.44. The van der Waals surface area contributed by atoms with Crippen LogP contribution in [-0.4, -0.2) is 0 Å². The maximum absolute atomic E-state index is 6.18. The minimum absolute atomic E-state index is 0.574. The molecule has 0 atom stereocenters. The van der Waals surface area contributed by atoms with Gasteiger partial charge in [-0.2, -0.15) is 0 Å². The Labute approximate surface area is 236 Å². The lowest BCUT2D eigenvalue weighted by Gasteiger charge is -2.13. The number of hydrogen-bond acceptors (Lipinski definition) is 3. The number of benzene rings is 6. The summed E-state index contributed by atoms with van der Waals surface area (Å²) in [6.07, 6.45) is 0. The normalized spacial score (nSPS) is 13.1. The highest BCUT2D eigenvalue weighted by molar-refractivity contribution is 6.07. The molecule has 8 aromatic rings. The van der Waals surface area contributed by atoms with E-state index in [1.807, 2.05) is 24.3 Å². The van der Waals surface area contributed by atoms with Crippen molar-refractivity contribution in [1.29, 1.82) is 0 Å². The van der Waals surface area contributed by atoms with Gasteiger partial charge in [0.25, 0.3) is 0 Å². The van der Waals surface area contributed by atoms with Crippen LogP contribution >= 0.6 is 0 Å². The lowest BCUT2D eigenvalue weighted by atomic mass is 9.91. The van der Waals surface area contributed by atoms with Gasteiger partial charge >= 0.3 is 0 Å². The van der Waals surface area contributed by atoms with E-state index >= 15 is 0 Å². The van der Waals surface area contributed by atoms with Crippen molar-refractivity contribution in [3.05, 3.63) is 132 Å². The van der Waals surface area contributed by atoms with Crippen LogP contribution in [0.25, 0.3) is 77.3 Å². The SMILES string of the molecule is c1ccc2c(c1)oc1cc(-c3ccc4c(c3)COCc3ccc(-c5ccc6c(c5)oc5ccccc56)cc3-4)ccc12. The lowest BCUT2D eigenvalue weighted by Crippen LogP contribution is -1.91. The van der Waals surface area contributed by atoms with Crippen LogP contribution in [0, 0.1) is 0 Å². The third kappa shape index (κ3) is 3.56. The molecule has 0 N–H and O–H groups in total. The Morgan fingerprint density at radius 1 is 0.366 bits per heavy atom. The molecule has 3 heteroatoms. The van der Waals surface area contributed by atoms with Gasteiger partial charge < -0.3 is 13.6 Å². The van der Waals surface area contributed by atoms with Crippen LogP contribution in [0.15, 0.2) is 130 Å². The summed E-state index contributed by atoms with van der Waals surface area (Å²) in [6.45, 7) is 1.16. The highest BCUT2D eigenvalue weighted by Crippen LogP contribution is 2.39. The maximum Gasteiger partial charge on any atom is 0.136 e. The van der Waals surface area contributed by atoms with E-state index in [2.05, 4.69) is 97.1 Å². The summed E-state index contributed by atoms with van der Waals surface area (Å²) < 4.78 is 18.5. The molecule has 9 rings (SSSR count). The van der Waals surface area contributed by atoms with E-state index in [0.29, 0.717) is 13.2 Å². The molecule has 0 amide bonds. The minimum atomic E-state index is 0.574. The predicted octanol–water partition coefficient (Wildman–Crippen LogP) is 10.5. The summed E-state index contributed by atoms with van der Waals surface area (Å²) in [6, 6.07) is 42.8. The maximum atomic E-state index is 6.18. The molecule has 0 radical (unpaired) electrons. The zero-order valence-corrected chi connectivity index (χ0v) is 22.2. The molecular weight excluding hydrogens is 504 g/mol. The summed E-state index contributed by atoms with van der Waals surface area (Å²) in [5.74, 6) is 0. The Hall–Kier alpha value is -5.12. The summed E-state index contributed by atoms with van der Waals surface area (Å²) in [5, 5.41) is 4.59. The Morgan fingerprint density at radius 2 is 0.878 bits per heavy atom. The molecule has 2 aromatic heterocycles. The fourth-order valence-electron chi connectivity index (χ4n) is 6.37. The van der Waals surface area contributed by atoms with Gasteiger partial charge in [-0.3, -0.25) is 0 Å². The Kier molecular flexibility index (Phi) is 4.80. The van der Waals surface area contributed by atoms with E-state index in [4.69, 9.17) is 13.6 Å². The molecule has 194 valence electrons. The van der Waals surface area contributed by atoms with E-state index in [0.717, 1.165) is 60.6 Å². The first-order chi connectivity index (χ1) is 20.3. The van der Waals surface area contributed by atoms with Gasteiger partial charge in [0.2, 0.25) is 0 Å². The highest BCUT2D eigenvalue weighted by Gasteiger charge is 2.18. The number of para-hydroxylation sites is 2. The van der Waals surface area contributed by atoms with Gasteiger partial charge in [-0.15, -0.1) is 0 Å². The van der Waals surface area contributed by atoms with Crippen LogP contribution < -0.4 is 0 Å². The summed E-state index contributed by atoms with van der Waals surface area (Å²) in [5.41, 5.74) is 13.1. The zero-order chi connectivity index (χ0) is 26.9. The molecule has 1 aliphatic heterocycles. The van der Waals surface area contributed by atoms with E-state index < -0.39 is 0 Å². The average Bonchev–Trinajstić information content (AvgIpc) is 3.52. The Morgan fingerprint density at radius 3 is 1.56 bits per heavy atom. The third-order valence-corrected chi connectivity index (χ3v) is 8.44. The molecule has 41 heavy (non-hydrogen) atoms. The van der Waals surface area contributed by atoms with Crippen LogP contribution in [0.2, 0.25) is 0 Å². The second kappa shape index (κ2) is 8.69. The quantitative estimate of drug-likeness (QED) is 0.224. The van der Waals surface area contributed by atoms with Gasteiger partial charge in [-0.1, -0.05) is 72.8 Å². The van der Waals surface area contributed by atoms with Gasteiger partial charge in [0.05, 0.1) is 13.2 Å². The largest absolute Gasteiger partial charge is 0.456 e. The van der Waals surface area contributed by atoms with Crippen LogP contribution in [-0.2, 0) is 18.0 Å². The Balaban J connectivity index is 1.13. The summed E-state index contributed by atoms with van der Waals surface area (Å²) in [7, 11) is 0. The van der Waals surface area contributed by atoms with Gasteiger partial charge in [0, 0.05) is 21.5 Å². The van der Waals surface area contributed by atoms with Crippen molar-refractivity contribution in [2.75, 3.05) is 0 Å². The molecule has 0 fully saturated rings. The van der Waals surface area contributed by atoms with Crippen molar-refractivity contribution in [3.8, 4) is 33.4 Å².